The standard InChI is InChI=1S/C15H15ClOS/c1-10-3-5-13(7-11(10)2)18-15-6-4-12(9-17)8-14(15)16/h3-8,17H,9H2,1-2H3. The number of aryl methyl sites for hydroxylation is 2. The second kappa shape index (κ2) is 5.79. The average Bonchev–Trinajstić information content (AvgIpc) is 2.36. The van der Waals surface area contributed by atoms with Gasteiger partial charge in [-0.15, -0.1) is 0 Å². The van der Waals surface area contributed by atoms with Gasteiger partial charge in [0.05, 0.1) is 11.6 Å². The number of hydrogen-bond acceptors (Lipinski definition) is 2. The van der Waals surface area contributed by atoms with Gasteiger partial charge in [0.2, 0.25) is 0 Å². The molecule has 0 aliphatic carbocycles. The molecule has 1 nitrogen and oxygen atoms in total. The molecule has 0 aliphatic rings. The second-order valence-electron chi connectivity index (χ2n) is 4.27. The number of rotatable bonds is 3. The van der Waals surface area contributed by atoms with E-state index in [1.165, 1.54) is 16.0 Å². The van der Waals surface area contributed by atoms with Gasteiger partial charge in [0.1, 0.15) is 0 Å². The molecule has 0 bridgehead atoms. The molecular weight excluding hydrogens is 264 g/mol. The summed E-state index contributed by atoms with van der Waals surface area (Å²) in [6.07, 6.45) is 0. The van der Waals surface area contributed by atoms with Crippen LogP contribution in [0, 0.1) is 13.8 Å². The maximum absolute atomic E-state index is 9.04. The second-order valence-corrected chi connectivity index (χ2v) is 5.79. The minimum Gasteiger partial charge on any atom is -0.392 e. The Kier molecular flexibility index (Phi) is 4.33. The molecule has 2 aromatic carbocycles. The lowest BCUT2D eigenvalue weighted by Gasteiger charge is -2.07. The third-order valence-electron chi connectivity index (χ3n) is 2.89. The summed E-state index contributed by atoms with van der Waals surface area (Å²) in [5.41, 5.74) is 3.41. The quantitative estimate of drug-likeness (QED) is 0.885. The van der Waals surface area contributed by atoms with Crippen LogP contribution < -0.4 is 0 Å². The fraction of sp³-hybridized carbons (Fsp3) is 0.200. The number of halogens is 1. The molecule has 0 saturated carbocycles. The van der Waals surface area contributed by atoms with E-state index in [2.05, 4.69) is 32.0 Å². The van der Waals surface area contributed by atoms with Gasteiger partial charge in [0, 0.05) is 9.79 Å². The summed E-state index contributed by atoms with van der Waals surface area (Å²) in [5.74, 6) is 0. The number of aliphatic hydroxyl groups is 1. The molecule has 0 unspecified atom stereocenters. The molecule has 3 heteroatoms. The highest BCUT2D eigenvalue weighted by Gasteiger charge is 2.05. The molecule has 0 atom stereocenters. The van der Waals surface area contributed by atoms with Gasteiger partial charge < -0.3 is 5.11 Å². The molecular formula is C15H15ClOS. The van der Waals surface area contributed by atoms with Gasteiger partial charge in [-0.3, -0.25) is 0 Å². The molecule has 0 radical (unpaired) electrons. The minimum absolute atomic E-state index is 0.0221. The van der Waals surface area contributed by atoms with Crippen LogP contribution >= 0.6 is 23.4 Å². The zero-order chi connectivity index (χ0) is 13.1. The van der Waals surface area contributed by atoms with E-state index >= 15 is 0 Å². The van der Waals surface area contributed by atoms with Crippen LogP contribution in [0.2, 0.25) is 5.02 Å². The molecule has 2 aromatic rings. The van der Waals surface area contributed by atoms with Crippen LogP contribution in [0.3, 0.4) is 0 Å². The topological polar surface area (TPSA) is 20.2 Å². The van der Waals surface area contributed by atoms with Crippen molar-refractivity contribution >= 4 is 23.4 Å². The maximum Gasteiger partial charge on any atom is 0.0682 e. The van der Waals surface area contributed by atoms with Crippen molar-refractivity contribution in [2.45, 2.75) is 30.2 Å². The Bertz CT molecular complexity index is 566. The van der Waals surface area contributed by atoms with Crippen LogP contribution in [0.5, 0.6) is 0 Å². The molecule has 1 N–H and O–H groups in total. The molecule has 0 fully saturated rings. The van der Waals surface area contributed by atoms with Crippen LogP contribution in [0.15, 0.2) is 46.2 Å². The highest BCUT2D eigenvalue weighted by molar-refractivity contribution is 7.99. The molecule has 94 valence electrons. The Morgan fingerprint density at radius 2 is 1.83 bits per heavy atom. The summed E-state index contributed by atoms with van der Waals surface area (Å²) in [5, 5.41) is 9.73. The van der Waals surface area contributed by atoms with E-state index in [1.807, 2.05) is 18.2 Å². The molecule has 2 rings (SSSR count). The third kappa shape index (κ3) is 3.08. The smallest absolute Gasteiger partial charge is 0.0682 e. The fourth-order valence-electron chi connectivity index (χ4n) is 1.63. The summed E-state index contributed by atoms with van der Waals surface area (Å²) < 4.78 is 0. The molecule has 0 heterocycles. The van der Waals surface area contributed by atoms with Crippen LogP contribution in [0.1, 0.15) is 16.7 Å². The predicted molar refractivity (Wildman–Crippen MR) is 77.4 cm³/mol. The van der Waals surface area contributed by atoms with Gasteiger partial charge in [0.15, 0.2) is 0 Å². The van der Waals surface area contributed by atoms with E-state index < -0.39 is 0 Å². The summed E-state index contributed by atoms with van der Waals surface area (Å²) in [4.78, 5) is 2.19. The molecule has 0 amide bonds. The SMILES string of the molecule is Cc1ccc(Sc2ccc(CO)cc2Cl)cc1C. The van der Waals surface area contributed by atoms with Crippen LogP contribution in [0.4, 0.5) is 0 Å². The van der Waals surface area contributed by atoms with Crippen molar-refractivity contribution in [2.75, 3.05) is 0 Å². The largest absolute Gasteiger partial charge is 0.392 e. The number of benzene rings is 2. The first-order valence-corrected chi connectivity index (χ1v) is 6.94. The zero-order valence-electron chi connectivity index (χ0n) is 10.4. The van der Waals surface area contributed by atoms with E-state index in [0.717, 1.165) is 10.5 Å². The first-order valence-electron chi connectivity index (χ1n) is 5.74. The van der Waals surface area contributed by atoms with E-state index in [1.54, 1.807) is 11.8 Å². The monoisotopic (exact) mass is 278 g/mol. The van der Waals surface area contributed by atoms with E-state index in [-0.39, 0.29) is 6.61 Å². The average molecular weight is 279 g/mol. The molecule has 0 spiro atoms. The van der Waals surface area contributed by atoms with Crippen molar-refractivity contribution in [1.82, 2.24) is 0 Å². The fourth-order valence-corrected chi connectivity index (χ4v) is 2.87. The first-order chi connectivity index (χ1) is 8.60. The minimum atomic E-state index is 0.0221. The van der Waals surface area contributed by atoms with Crippen LogP contribution in [-0.2, 0) is 6.61 Å². The number of aliphatic hydroxyl groups excluding tert-OH is 1. The van der Waals surface area contributed by atoms with Crippen molar-refractivity contribution in [1.29, 1.82) is 0 Å². The van der Waals surface area contributed by atoms with Gasteiger partial charge in [-0.05, 0) is 54.8 Å². The molecule has 0 aliphatic heterocycles. The van der Waals surface area contributed by atoms with E-state index in [0.29, 0.717) is 5.02 Å². The summed E-state index contributed by atoms with van der Waals surface area (Å²) in [6.45, 7) is 4.23. The van der Waals surface area contributed by atoms with Gasteiger partial charge in [-0.25, -0.2) is 0 Å². The van der Waals surface area contributed by atoms with E-state index in [9.17, 15) is 0 Å². The zero-order valence-corrected chi connectivity index (χ0v) is 12.0. The Balaban J connectivity index is 2.25. The Morgan fingerprint density at radius 1 is 1.06 bits per heavy atom. The predicted octanol–water partition coefficient (Wildman–Crippen LogP) is 4.60. The Morgan fingerprint density at radius 3 is 2.44 bits per heavy atom. The van der Waals surface area contributed by atoms with Gasteiger partial charge in [-0.1, -0.05) is 35.5 Å². The van der Waals surface area contributed by atoms with Crippen LogP contribution in [-0.4, -0.2) is 5.11 Å². The summed E-state index contributed by atoms with van der Waals surface area (Å²) in [7, 11) is 0. The third-order valence-corrected chi connectivity index (χ3v) is 4.38. The first kappa shape index (κ1) is 13.5. The van der Waals surface area contributed by atoms with Gasteiger partial charge >= 0.3 is 0 Å². The lowest BCUT2D eigenvalue weighted by molar-refractivity contribution is 0.282. The van der Waals surface area contributed by atoms with Crippen molar-refractivity contribution in [3.8, 4) is 0 Å². The maximum atomic E-state index is 9.04. The molecule has 0 aromatic heterocycles. The van der Waals surface area contributed by atoms with E-state index in [4.69, 9.17) is 16.7 Å². The lowest BCUT2D eigenvalue weighted by Crippen LogP contribution is -1.85. The molecule has 18 heavy (non-hydrogen) atoms. The summed E-state index contributed by atoms with van der Waals surface area (Å²) >= 11 is 7.84. The highest BCUT2D eigenvalue weighted by Crippen LogP contribution is 2.34. The Hall–Kier alpha value is -0.960. The lowest BCUT2D eigenvalue weighted by atomic mass is 10.1. The van der Waals surface area contributed by atoms with Crippen LogP contribution in [0.25, 0.3) is 0 Å². The van der Waals surface area contributed by atoms with Crippen molar-refractivity contribution in [3.05, 3.63) is 58.1 Å². The normalized spacial score (nSPS) is 10.7. The van der Waals surface area contributed by atoms with Crippen molar-refractivity contribution in [3.63, 3.8) is 0 Å². The van der Waals surface area contributed by atoms with Gasteiger partial charge in [0.25, 0.3) is 0 Å². The highest BCUT2D eigenvalue weighted by atomic mass is 35.5. The summed E-state index contributed by atoms with van der Waals surface area (Å²) in [6, 6.07) is 12.0. The van der Waals surface area contributed by atoms with Crippen molar-refractivity contribution in [2.24, 2.45) is 0 Å². The molecule has 0 saturated heterocycles. The Labute approximate surface area is 117 Å². The number of hydrogen-bond donors (Lipinski definition) is 1. The van der Waals surface area contributed by atoms with Gasteiger partial charge in [-0.2, -0.15) is 0 Å². The van der Waals surface area contributed by atoms with Crippen molar-refractivity contribution < 1.29 is 5.11 Å².